The van der Waals surface area contributed by atoms with Crippen molar-refractivity contribution < 1.29 is 19.5 Å². The zero-order chi connectivity index (χ0) is 16.8. The van der Waals surface area contributed by atoms with E-state index in [9.17, 15) is 19.5 Å². The van der Waals surface area contributed by atoms with Crippen molar-refractivity contribution in [2.24, 2.45) is 23.7 Å². The third-order valence-electron chi connectivity index (χ3n) is 5.11. The van der Waals surface area contributed by atoms with Crippen LogP contribution in [0.4, 0.5) is 5.00 Å². The Balaban J connectivity index is 1.50. The fraction of sp³-hybridized carbons (Fsp3) is 0.471. The number of amides is 2. The minimum absolute atomic E-state index is 0.0280. The largest absolute Gasteiger partial charge is 0.481 e. The van der Waals surface area contributed by atoms with Gasteiger partial charge in [0.25, 0.3) is 5.91 Å². The predicted molar refractivity (Wildman–Crippen MR) is 88.8 cm³/mol. The quantitative estimate of drug-likeness (QED) is 0.712. The Hall–Kier alpha value is -2.15. The van der Waals surface area contributed by atoms with Crippen LogP contribution in [0, 0.1) is 23.7 Å². The number of thiophene rings is 1. The number of hydrogen-bond donors (Lipinski definition) is 3. The van der Waals surface area contributed by atoms with Crippen LogP contribution in [-0.4, -0.2) is 28.9 Å². The highest BCUT2D eigenvalue weighted by Gasteiger charge is 2.51. The Labute approximate surface area is 142 Å². The Morgan fingerprint density at radius 2 is 1.83 bits per heavy atom. The molecule has 126 valence electrons. The van der Waals surface area contributed by atoms with E-state index >= 15 is 0 Å². The highest BCUT2D eigenvalue weighted by Crippen LogP contribution is 2.48. The molecule has 4 atom stereocenters. The van der Waals surface area contributed by atoms with E-state index in [1.54, 1.807) is 11.4 Å². The molecule has 0 radical (unpaired) electrons. The number of carbonyl (C=O) groups is 3. The van der Waals surface area contributed by atoms with Crippen molar-refractivity contribution in [2.45, 2.75) is 25.3 Å². The highest BCUT2D eigenvalue weighted by molar-refractivity contribution is 7.14. The van der Waals surface area contributed by atoms with Gasteiger partial charge in [-0.05, 0) is 42.5 Å². The molecule has 2 amide bonds. The molecule has 2 saturated carbocycles. The lowest BCUT2D eigenvalue weighted by molar-refractivity contribution is -0.146. The molecule has 7 heteroatoms. The van der Waals surface area contributed by atoms with Crippen molar-refractivity contribution in [3.05, 3.63) is 29.2 Å². The first-order valence-corrected chi connectivity index (χ1v) is 9.03. The summed E-state index contributed by atoms with van der Waals surface area (Å²) in [4.78, 5) is 36.4. The van der Waals surface area contributed by atoms with E-state index in [1.807, 2.05) is 12.2 Å². The molecule has 2 fully saturated rings. The van der Waals surface area contributed by atoms with Crippen LogP contribution in [0.25, 0.3) is 0 Å². The van der Waals surface area contributed by atoms with Crippen LogP contribution in [0.1, 0.15) is 29.6 Å². The van der Waals surface area contributed by atoms with Gasteiger partial charge >= 0.3 is 5.97 Å². The average molecular weight is 346 g/mol. The van der Waals surface area contributed by atoms with Crippen molar-refractivity contribution in [3.63, 3.8) is 0 Å². The van der Waals surface area contributed by atoms with Crippen LogP contribution in [0.15, 0.2) is 23.6 Å². The number of hydrogen-bond acceptors (Lipinski definition) is 4. The summed E-state index contributed by atoms with van der Waals surface area (Å²) in [6.45, 7) is 0. The number of anilines is 1. The fourth-order valence-electron chi connectivity index (χ4n) is 3.79. The van der Waals surface area contributed by atoms with E-state index in [0.29, 0.717) is 17.0 Å². The first kappa shape index (κ1) is 15.4. The van der Waals surface area contributed by atoms with Crippen molar-refractivity contribution in [3.8, 4) is 0 Å². The predicted octanol–water partition coefficient (Wildman–Crippen LogP) is 2.10. The smallest absolute Gasteiger partial charge is 0.307 e. The lowest BCUT2D eigenvalue weighted by Crippen LogP contribution is -2.36. The van der Waals surface area contributed by atoms with Crippen molar-refractivity contribution in [2.75, 3.05) is 5.32 Å². The molecule has 0 saturated heterocycles. The van der Waals surface area contributed by atoms with E-state index in [4.69, 9.17) is 0 Å². The molecule has 0 aromatic carbocycles. The molecule has 2 bridgehead atoms. The van der Waals surface area contributed by atoms with Gasteiger partial charge in [-0.1, -0.05) is 12.2 Å². The van der Waals surface area contributed by atoms with Crippen LogP contribution < -0.4 is 10.6 Å². The van der Waals surface area contributed by atoms with E-state index in [1.165, 1.54) is 11.3 Å². The van der Waals surface area contributed by atoms with Crippen molar-refractivity contribution in [1.82, 2.24) is 5.32 Å². The lowest BCUT2D eigenvalue weighted by Gasteiger charge is -2.23. The van der Waals surface area contributed by atoms with Gasteiger partial charge in [0.2, 0.25) is 5.91 Å². The normalized spacial score (nSPS) is 30.3. The Kier molecular flexibility index (Phi) is 3.68. The van der Waals surface area contributed by atoms with Gasteiger partial charge in [-0.3, -0.25) is 14.4 Å². The summed E-state index contributed by atoms with van der Waals surface area (Å²) in [5, 5.41) is 17.4. The average Bonchev–Trinajstić information content (AvgIpc) is 2.98. The Morgan fingerprint density at radius 1 is 1.12 bits per heavy atom. The molecule has 3 aliphatic carbocycles. The van der Waals surface area contributed by atoms with Crippen LogP contribution in [0.2, 0.25) is 0 Å². The number of carboxylic acids is 1. The maximum absolute atomic E-state index is 12.7. The van der Waals surface area contributed by atoms with E-state index in [0.717, 1.165) is 12.8 Å². The molecule has 1 heterocycles. The zero-order valence-corrected chi connectivity index (χ0v) is 13.7. The third kappa shape index (κ3) is 2.62. The van der Waals surface area contributed by atoms with Crippen LogP contribution in [-0.2, 0) is 9.59 Å². The SMILES string of the molecule is O=C(NC1CC1)c1ccsc1NC(=O)C1C2C=CC(C2)C1C(=O)O. The maximum Gasteiger partial charge on any atom is 0.307 e. The standard InChI is InChI=1S/C17H18N2O4S/c20-14(18-10-3-4-10)11-5-6-24-16(11)19-15(21)12-8-1-2-9(7-8)13(12)17(22)23/h1-2,5-6,8-10,12-13H,3-4,7H2,(H,18,20)(H,19,21)(H,22,23). The molecule has 0 spiro atoms. The summed E-state index contributed by atoms with van der Waals surface area (Å²) in [6, 6.07) is 1.93. The zero-order valence-electron chi connectivity index (χ0n) is 12.9. The van der Waals surface area contributed by atoms with Crippen LogP contribution >= 0.6 is 11.3 Å². The van der Waals surface area contributed by atoms with Gasteiger partial charge in [0.1, 0.15) is 5.00 Å². The highest BCUT2D eigenvalue weighted by atomic mass is 32.1. The van der Waals surface area contributed by atoms with E-state index in [2.05, 4.69) is 10.6 Å². The number of carbonyl (C=O) groups excluding carboxylic acids is 2. The fourth-order valence-corrected chi connectivity index (χ4v) is 4.57. The van der Waals surface area contributed by atoms with Gasteiger partial charge < -0.3 is 15.7 Å². The summed E-state index contributed by atoms with van der Waals surface area (Å²) < 4.78 is 0. The number of fused-ring (bicyclic) bond motifs is 2. The minimum Gasteiger partial charge on any atom is -0.481 e. The molecule has 3 aliphatic rings. The maximum atomic E-state index is 12.7. The minimum atomic E-state index is -0.926. The second-order valence-corrected chi connectivity index (χ2v) is 7.65. The summed E-state index contributed by atoms with van der Waals surface area (Å²) in [5.41, 5.74) is 0.450. The van der Waals surface area contributed by atoms with Gasteiger partial charge in [0.05, 0.1) is 17.4 Å². The number of nitrogens with one attached hydrogen (secondary N) is 2. The summed E-state index contributed by atoms with van der Waals surface area (Å²) in [5.74, 6) is -2.75. The lowest BCUT2D eigenvalue weighted by atomic mass is 9.82. The molecule has 4 rings (SSSR count). The van der Waals surface area contributed by atoms with Crippen LogP contribution in [0.3, 0.4) is 0 Å². The molecule has 4 unspecified atom stereocenters. The summed E-state index contributed by atoms with van der Waals surface area (Å²) >= 11 is 1.28. The number of allylic oxidation sites excluding steroid dienone is 2. The van der Waals surface area contributed by atoms with Gasteiger partial charge in [0.15, 0.2) is 0 Å². The first-order chi connectivity index (χ1) is 11.5. The van der Waals surface area contributed by atoms with Gasteiger partial charge in [0, 0.05) is 6.04 Å². The summed E-state index contributed by atoms with van der Waals surface area (Å²) in [6.07, 6.45) is 6.57. The molecule has 1 aromatic rings. The van der Waals surface area contributed by atoms with Gasteiger partial charge in [-0.25, -0.2) is 0 Å². The van der Waals surface area contributed by atoms with Crippen LogP contribution in [0.5, 0.6) is 0 Å². The molecular formula is C17H18N2O4S. The first-order valence-electron chi connectivity index (χ1n) is 8.15. The van der Waals surface area contributed by atoms with Crippen molar-refractivity contribution in [1.29, 1.82) is 0 Å². The molecule has 1 aromatic heterocycles. The second kappa shape index (κ2) is 5.73. The van der Waals surface area contributed by atoms with Gasteiger partial charge in [-0.15, -0.1) is 11.3 Å². The number of carboxylic acid groups (broad SMARTS) is 1. The van der Waals surface area contributed by atoms with E-state index in [-0.39, 0.29) is 29.7 Å². The monoisotopic (exact) mass is 346 g/mol. The second-order valence-electron chi connectivity index (χ2n) is 6.74. The Bertz CT molecular complexity index is 737. The third-order valence-corrected chi connectivity index (χ3v) is 5.94. The number of aliphatic carboxylic acids is 1. The van der Waals surface area contributed by atoms with Gasteiger partial charge in [-0.2, -0.15) is 0 Å². The Morgan fingerprint density at radius 3 is 2.50 bits per heavy atom. The number of rotatable bonds is 5. The topological polar surface area (TPSA) is 95.5 Å². The molecular weight excluding hydrogens is 328 g/mol. The van der Waals surface area contributed by atoms with E-state index < -0.39 is 17.8 Å². The molecule has 24 heavy (non-hydrogen) atoms. The molecule has 6 nitrogen and oxygen atoms in total. The van der Waals surface area contributed by atoms with Crippen molar-refractivity contribution >= 4 is 34.1 Å². The summed E-state index contributed by atoms with van der Waals surface area (Å²) in [7, 11) is 0. The molecule has 3 N–H and O–H groups in total. The molecule has 0 aliphatic heterocycles.